The lowest BCUT2D eigenvalue weighted by molar-refractivity contribution is 0.592. The molecule has 1 aliphatic carbocycles. The number of rotatable bonds is 4. The molecule has 4 nitrogen and oxygen atoms in total. The first-order valence-electron chi connectivity index (χ1n) is 6.65. The summed E-state index contributed by atoms with van der Waals surface area (Å²) in [5.41, 5.74) is -0.183. The molecule has 0 radical (unpaired) electrons. The molecule has 20 heavy (non-hydrogen) atoms. The SMILES string of the molecule is CSc1cccc(-n2ccn(CC3CC3)c(=O)c2=O)c1. The van der Waals surface area contributed by atoms with Crippen molar-refractivity contribution in [3.05, 3.63) is 57.4 Å². The van der Waals surface area contributed by atoms with Gasteiger partial charge in [0.05, 0.1) is 0 Å². The van der Waals surface area contributed by atoms with Crippen LogP contribution < -0.4 is 11.1 Å². The van der Waals surface area contributed by atoms with E-state index in [0.29, 0.717) is 12.5 Å². The van der Waals surface area contributed by atoms with Crippen LogP contribution in [0.2, 0.25) is 0 Å². The molecule has 1 aromatic carbocycles. The number of benzene rings is 1. The van der Waals surface area contributed by atoms with Gasteiger partial charge in [-0.2, -0.15) is 0 Å². The molecule has 1 aromatic heterocycles. The third-order valence-corrected chi connectivity index (χ3v) is 4.27. The highest BCUT2D eigenvalue weighted by molar-refractivity contribution is 7.98. The molecule has 0 unspecified atom stereocenters. The number of aromatic nitrogens is 2. The first kappa shape index (κ1) is 13.2. The monoisotopic (exact) mass is 288 g/mol. The van der Waals surface area contributed by atoms with Crippen LogP contribution in [0.3, 0.4) is 0 Å². The second-order valence-corrected chi connectivity index (χ2v) is 5.96. The molecular formula is C15H16N2O2S. The number of thioether (sulfide) groups is 1. The molecule has 0 spiro atoms. The smallest absolute Gasteiger partial charge is 0.309 e. The Morgan fingerprint density at radius 2 is 2.00 bits per heavy atom. The van der Waals surface area contributed by atoms with E-state index < -0.39 is 11.1 Å². The fourth-order valence-corrected chi connectivity index (χ4v) is 2.65. The van der Waals surface area contributed by atoms with Crippen molar-refractivity contribution in [1.82, 2.24) is 9.13 Å². The van der Waals surface area contributed by atoms with Crippen LogP contribution in [0, 0.1) is 5.92 Å². The van der Waals surface area contributed by atoms with E-state index in [4.69, 9.17) is 0 Å². The summed E-state index contributed by atoms with van der Waals surface area (Å²) in [6.07, 6.45) is 7.70. The molecule has 5 heteroatoms. The molecule has 0 N–H and O–H groups in total. The third-order valence-electron chi connectivity index (χ3n) is 3.54. The molecule has 1 aliphatic rings. The van der Waals surface area contributed by atoms with Gasteiger partial charge in [-0.1, -0.05) is 6.07 Å². The number of hydrogen-bond donors (Lipinski definition) is 0. The highest BCUT2D eigenvalue weighted by Crippen LogP contribution is 2.29. The Morgan fingerprint density at radius 3 is 2.70 bits per heavy atom. The Bertz CT molecular complexity index is 744. The Hall–Kier alpha value is -1.75. The molecule has 3 rings (SSSR count). The maximum atomic E-state index is 12.2. The van der Waals surface area contributed by atoms with Gasteiger partial charge in [0.1, 0.15) is 0 Å². The van der Waals surface area contributed by atoms with E-state index in [0.717, 1.165) is 23.4 Å². The Kier molecular flexibility index (Phi) is 3.53. The average Bonchev–Trinajstić information content (AvgIpc) is 3.28. The molecule has 0 atom stereocenters. The van der Waals surface area contributed by atoms with E-state index in [2.05, 4.69) is 0 Å². The molecule has 0 amide bonds. The fourth-order valence-electron chi connectivity index (χ4n) is 2.19. The van der Waals surface area contributed by atoms with Crippen LogP contribution in [0.5, 0.6) is 0 Å². The summed E-state index contributed by atoms with van der Waals surface area (Å²) in [5, 5.41) is 0. The predicted octanol–water partition coefficient (Wildman–Crippen LogP) is 2.13. The van der Waals surface area contributed by atoms with Gasteiger partial charge in [-0.05, 0) is 43.2 Å². The van der Waals surface area contributed by atoms with Gasteiger partial charge in [0, 0.05) is 29.5 Å². The van der Waals surface area contributed by atoms with Gasteiger partial charge in [0.2, 0.25) is 0 Å². The van der Waals surface area contributed by atoms with Crippen molar-refractivity contribution < 1.29 is 0 Å². The van der Waals surface area contributed by atoms with Crippen LogP contribution in [-0.2, 0) is 6.54 Å². The zero-order valence-electron chi connectivity index (χ0n) is 11.3. The van der Waals surface area contributed by atoms with Crippen molar-refractivity contribution in [3.8, 4) is 5.69 Å². The lowest BCUT2D eigenvalue weighted by Gasteiger charge is -2.09. The maximum absolute atomic E-state index is 12.2. The Balaban J connectivity index is 2.03. The average molecular weight is 288 g/mol. The van der Waals surface area contributed by atoms with Crippen molar-refractivity contribution in [2.45, 2.75) is 24.3 Å². The van der Waals surface area contributed by atoms with Crippen LogP contribution in [0.1, 0.15) is 12.8 Å². The molecule has 0 saturated heterocycles. The van der Waals surface area contributed by atoms with Crippen LogP contribution in [-0.4, -0.2) is 15.4 Å². The maximum Gasteiger partial charge on any atom is 0.320 e. The molecule has 1 saturated carbocycles. The van der Waals surface area contributed by atoms with Crippen molar-refractivity contribution in [3.63, 3.8) is 0 Å². The zero-order valence-corrected chi connectivity index (χ0v) is 12.1. The summed E-state index contributed by atoms with van der Waals surface area (Å²) in [4.78, 5) is 25.4. The zero-order chi connectivity index (χ0) is 14.1. The van der Waals surface area contributed by atoms with Crippen LogP contribution in [0.4, 0.5) is 0 Å². The minimum atomic E-state index is -0.480. The van der Waals surface area contributed by atoms with Crippen LogP contribution in [0.15, 0.2) is 51.1 Å². The minimum absolute atomic E-state index is 0.436. The van der Waals surface area contributed by atoms with Gasteiger partial charge in [-0.3, -0.25) is 14.2 Å². The van der Waals surface area contributed by atoms with E-state index in [-0.39, 0.29) is 0 Å². The molecule has 2 aromatic rings. The summed E-state index contributed by atoms with van der Waals surface area (Å²) in [6.45, 7) is 0.666. The molecular weight excluding hydrogens is 272 g/mol. The summed E-state index contributed by atoms with van der Waals surface area (Å²) < 4.78 is 2.96. The van der Waals surface area contributed by atoms with E-state index in [1.54, 1.807) is 24.2 Å². The van der Waals surface area contributed by atoms with E-state index >= 15 is 0 Å². The predicted molar refractivity (Wildman–Crippen MR) is 80.8 cm³/mol. The van der Waals surface area contributed by atoms with Gasteiger partial charge in [-0.15, -0.1) is 11.8 Å². The Labute approximate surface area is 121 Å². The molecule has 1 fully saturated rings. The highest BCUT2D eigenvalue weighted by Gasteiger charge is 2.22. The van der Waals surface area contributed by atoms with Crippen molar-refractivity contribution >= 4 is 11.8 Å². The van der Waals surface area contributed by atoms with E-state index in [9.17, 15) is 9.59 Å². The van der Waals surface area contributed by atoms with Gasteiger partial charge in [0.15, 0.2) is 0 Å². The standard InChI is InChI=1S/C15H16N2O2S/c1-20-13-4-2-3-12(9-13)17-8-7-16(10-11-5-6-11)14(18)15(17)19/h2-4,7-9,11H,5-6,10H2,1H3. The third kappa shape index (κ3) is 2.58. The second kappa shape index (κ2) is 5.32. The molecule has 104 valence electrons. The van der Waals surface area contributed by atoms with Crippen molar-refractivity contribution in [2.75, 3.05) is 6.26 Å². The lowest BCUT2D eigenvalue weighted by atomic mass is 10.3. The van der Waals surface area contributed by atoms with Crippen LogP contribution >= 0.6 is 11.8 Å². The van der Waals surface area contributed by atoms with E-state index in [1.165, 1.54) is 9.13 Å². The Morgan fingerprint density at radius 1 is 1.20 bits per heavy atom. The quantitative estimate of drug-likeness (QED) is 0.639. The van der Waals surface area contributed by atoms with Crippen molar-refractivity contribution in [1.29, 1.82) is 0 Å². The summed E-state index contributed by atoms with van der Waals surface area (Å²) >= 11 is 1.61. The normalized spacial score (nSPS) is 14.4. The lowest BCUT2D eigenvalue weighted by Crippen LogP contribution is -2.40. The highest BCUT2D eigenvalue weighted by atomic mass is 32.2. The number of hydrogen-bond acceptors (Lipinski definition) is 3. The van der Waals surface area contributed by atoms with Crippen LogP contribution in [0.25, 0.3) is 5.69 Å². The van der Waals surface area contributed by atoms with Gasteiger partial charge < -0.3 is 4.57 Å². The fraction of sp³-hybridized carbons (Fsp3) is 0.333. The molecule has 1 heterocycles. The van der Waals surface area contributed by atoms with E-state index in [1.807, 2.05) is 30.5 Å². The van der Waals surface area contributed by atoms with Crippen molar-refractivity contribution in [2.24, 2.45) is 5.92 Å². The first-order chi connectivity index (χ1) is 9.69. The summed E-state index contributed by atoms with van der Waals surface area (Å²) in [6, 6.07) is 7.62. The second-order valence-electron chi connectivity index (χ2n) is 5.08. The minimum Gasteiger partial charge on any atom is -0.309 e. The topological polar surface area (TPSA) is 44.0 Å². The largest absolute Gasteiger partial charge is 0.320 e. The first-order valence-corrected chi connectivity index (χ1v) is 7.88. The molecule has 0 bridgehead atoms. The van der Waals surface area contributed by atoms with Gasteiger partial charge in [-0.25, -0.2) is 0 Å². The van der Waals surface area contributed by atoms with Gasteiger partial charge in [0.25, 0.3) is 0 Å². The summed E-state index contributed by atoms with van der Waals surface area (Å²) in [7, 11) is 0. The summed E-state index contributed by atoms with van der Waals surface area (Å²) in [5.74, 6) is 0.572. The number of nitrogens with zero attached hydrogens (tertiary/aromatic N) is 2. The molecule has 0 aliphatic heterocycles. The van der Waals surface area contributed by atoms with Gasteiger partial charge >= 0.3 is 11.1 Å².